The molecule has 8 heteroatoms. The molecule has 0 bridgehead atoms. The molecule has 0 saturated carbocycles. The molecule has 0 saturated heterocycles. The summed E-state index contributed by atoms with van der Waals surface area (Å²) in [5.41, 5.74) is 1.62. The molecule has 6 nitrogen and oxygen atoms in total. The molecule has 3 rings (SSSR count). The van der Waals surface area contributed by atoms with Gasteiger partial charge in [-0.1, -0.05) is 53.7 Å². The van der Waals surface area contributed by atoms with Crippen molar-refractivity contribution in [2.24, 2.45) is 0 Å². The number of carbonyl (C=O) groups excluding carboxylic acids is 1. The van der Waals surface area contributed by atoms with Crippen molar-refractivity contribution in [2.75, 3.05) is 18.2 Å². The monoisotopic (exact) mass is 402 g/mol. The van der Waals surface area contributed by atoms with Crippen LogP contribution in [0.15, 0.2) is 53.7 Å². The Labute approximate surface area is 166 Å². The maximum atomic E-state index is 12.3. The van der Waals surface area contributed by atoms with Crippen LogP contribution in [0.4, 0.5) is 5.69 Å². The van der Waals surface area contributed by atoms with E-state index in [2.05, 4.69) is 15.5 Å². The van der Waals surface area contributed by atoms with Crippen molar-refractivity contribution < 1.29 is 9.53 Å². The normalized spacial score (nSPS) is 10.6. The average Bonchev–Trinajstić information content (AvgIpc) is 3.10. The molecule has 0 aliphatic carbocycles. The molecule has 0 fully saturated rings. The van der Waals surface area contributed by atoms with Gasteiger partial charge in [0.15, 0.2) is 11.0 Å². The van der Waals surface area contributed by atoms with Crippen LogP contribution < -0.4 is 10.1 Å². The summed E-state index contributed by atoms with van der Waals surface area (Å²) in [6.45, 7) is 2.74. The molecule has 0 spiro atoms. The first-order valence-corrected chi connectivity index (χ1v) is 9.73. The van der Waals surface area contributed by atoms with E-state index in [1.165, 1.54) is 11.8 Å². The molecule has 0 aliphatic heterocycles. The number of hydrogen-bond acceptors (Lipinski definition) is 5. The van der Waals surface area contributed by atoms with E-state index in [1.54, 1.807) is 25.3 Å². The molecule has 140 valence electrons. The zero-order chi connectivity index (χ0) is 19.2. The third kappa shape index (κ3) is 4.61. The number of benzene rings is 2. The molecule has 27 heavy (non-hydrogen) atoms. The van der Waals surface area contributed by atoms with Crippen LogP contribution >= 0.6 is 23.4 Å². The van der Waals surface area contributed by atoms with Gasteiger partial charge in [0, 0.05) is 17.8 Å². The van der Waals surface area contributed by atoms with Crippen LogP contribution in [0.3, 0.4) is 0 Å². The van der Waals surface area contributed by atoms with Crippen LogP contribution in [0.25, 0.3) is 11.4 Å². The summed E-state index contributed by atoms with van der Waals surface area (Å²) in [6.07, 6.45) is 0. The summed E-state index contributed by atoms with van der Waals surface area (Å²) < 4.78 is 7.11. The first-order valence-electron chi connectivity index (χ1n) is 8.37. The Morgan fingerprint density at radius 2 is 2.00 bits per heavy atom. The number of hydrogen-bond donors (Lipinski definition) is 1. The van der Waals surface area contributed by atoms with Gasteiger partial charge >= 0.3 is 0 Å². The molecular formula is C19H19ClN4O2S. The number of aromatic nitrogens is 3. The van der Waals surface area contributed by atoms with Crippen LogP contribution in [0.2, 0.25) is 5.02 Å². The lowest BCUT2D eigenvalue weighted by molar-refractivity contribution is -0.113. The van der Waals surface area contributed by atoms with Gasteiger partial charge in [-0.2, -0.15) is 0 Å². The van der Waals surface area contributed by atoms with Crippen LogP contribution in [0, 0.1) is 0 Å². The molecule has 0 aliphatic rings. The maximum absolute atomic E-state index is 12.3. The first kappa shape index (κ1) is 19.3. The van der Waals surface area contributed by atoms with Crippen molar-refractivity contribution >= 4 is 35.0 Å². The minimum absolute atomic E-state index is 0.145. The number of rotatable bonds is 7. The molecular weight excluding hydrogens is 384 g/mol. The third-order valence-corrected chi connectivity index (χ3v) is 5.10. The van der Waals surface area contributed by atoms with E-state index >= 15 is 0 Å². The molecule has 1 N–H and O–H groups in total. The number of thioether (sulfide) groups is 1. The number of ether oxygens (including phenoxy) is 1. The number of anilines is 1. The summed E-state index contributed by atoms with van der Waals surface area (Å²) >= 11 is 7.43. The Balaban J connectivity index is 1.65. The SMILES string of the molecule is CCn1c(SCC(=O)Nc2ccc(OC)c(Cl)c2)nnc1-c1ccccc1. The molecule has 1 heterocycles. The number of nitrogens with zero attached hydrogens (tertiary/aromatic N) is 3. The van der Waals surface area contributed by atoms with Crippen molar-refractivity contribution in [3.8, 4) is 17.1 Å². The summed E-state index contributed by atoms with van der Waals surface area (Å²) in [5.74, 6) is 1.43. The van der Waals surface area contributed by atoms with Gasteiger partial charge in [-0.15, -0.1) is 10.2 Å². The highest BCUT2D eigenvalue weighted by Gasteiger charge is 2.14. The second-order valence-corrected chi connectivity index (χ2v) is 6.95. The van der Waals surface area contributed by atoms with E-state index in [-0.39, 0.29) is 11.7 Å². The van der Waals surface area contributed by atoms with Crippen molar-refractivity contribution in [2.45, 2.75) is 18.6 Å². The quantitative estimate of drug-likeness (QED) is 0.594. The highest BCUT2D eigenvalue weighted by Crippen LogP contribution is 2.28. The fraction of sp³-hybridized carbons (Fsp3) is 0.211. The Kier molecular flexibility index (Phi) is 6.36. The summed E-state index contributed by atoms with van der Waals surface area (Å²) in [6, 6.07) is 15.0. The van der Waals surface area contributed by atoms with Crippen LogP contribution in [0.5, 0.6) is 5.75 Å². The van der Waals surface area contributed by atoms with Crippen molar-refractivity contribution in [3.05, 3.63) is 53.6 Å². The van der Waals surface area contributed by atoms with Gasteiger partial charge in [0.05, 0.1) is 17.9 Å². The van der Waals surface area contributed by atoms with E-state index < -0.39 is 0 Å². The summed E-state index contributed by atoms with van der Waals surface area (Å²) in [4.78, 5) is 12.3. The van der Waals surface area contributed by atoms with Gasteiger partial charge in [-0.05, 0) is 25.1 Å². The molecule has 2 aromatic carbocycles. The number of halogens is 1. The molecule has 1 aromatic heterocycles. The second-order valence-electron chi connectivity index (χ2n) is 5.60. The van der Waals surface area contributed by atoms with Gasteiger partial charge in [0.25, 0.3) is 0 Å². The zero-order valence-electron chi connectivity index (χ0n) is 15.0. The van der Waals surface area contributed by atoms with Crippen molar-refractivity contribution in [3.63, 3.8) is 0 Å². The van der Waals surface area contributed by atoms with Gasteiger partial charge in [-0.3, -0.25) is 4.79 Å². The highest BCUT2D eigenvalue weighted by molar-refractivity contribution is 7.99. The van der Waals surface area contributed by atoms with Crippen molar-refractivity contribution in [1.29, 1.82) is 0 Å². The number of amides is 1. The largest absolute Gasteiger partial charge is 0.495 e. The second kappa shape index (κ2) is 8.92. The predicted molar refractivity (Wildman–Crippen MR) is 108 cm³/mol. The molecule has 1 amide bonds. The van der Waals surface area contributed by atoms with Gasteiger partial charge in [0.1, 0.15) is 5.75 Å². The lowest BCUT2D eigenvalue weighted by Gasteiger charge is -2.09. The van der Waals surface area contributed by atoms with Gasteiger partial charge in [0.2, 0.25) is 5.91 Å². The fourth-order valence-electron chi connectivity index (χ4n) is 2.55. The van der Waals surface area contributed by atoms with E-state index in [4.69, 9.17) is 16.3 Å². The minimum atomic E-state index is -0.145. The Morgan fingerprint density at radius 3 is 2.67 bits per heavy atom. The highest BCUT2D eigenvalue weighted by atomic mass is 35.5. The van der Waals surface area contributed by atoms with Gasteiger partial charge in [-0.25, -0.2) is 0 Å². The zero-order valence-corrected chi connectivity index (χ0v) is 16.5. The standard InChI is InChI=1S/C19H19ClN4O2S/c1-3-24-18(13-7-5-4-6-8-13)22-23-19(24)27-12-17(25)21-14-9-10-16(26-2)15(20)11-14/h4-11H,3,12H2,1-2H3,(H,21,25). The molecule has 0 radical (unpaired) electrons. The van der Waals surface area contributed by atoms with Crippen LogP contribution in [-0.4, -0.2) is 33.5 Å². The van der Waals surface area contributed by atoms with Crippen molar-refractivity contribution in [1.82, 2.24) is 14.8 Å². The van der Waals surface area contributed by atoms with E-state index in [9.17, 15) is 4.79 Å². The summed E-state index contributed by atoms with van der Waals surface area (Å²) in [5, 5.41) is 12.5. The average molecular weight is 403 g/mol. The smallest absolute Gasteiger partial charge is 0.234 e. The Hall–Kier alpha value is -2.51. The Bertz CT molecular complexity index is 931. The molecule has 0 unspecified atom stereocenters. The lowest BCUT2D eigenvalue weighted by Crippen LogP contribution is -2.14. The predicted octanol–water partition coefficient (Wildman–Crippen LogP) is 4.36. The van der Waals surface area contributed by atoms with E-state index in [0.717, 1.165) is 17.9 Å². The maximum Gasteiger partial charge on any atom is 0.234 e. The molecule has 3 aromatic rings. The molecule has 0 atom stereocenters. The Morgan fingerprint density at radius 1 is 1.22 bits per heavy atom. The van der Waals surface area contributed by atoms with Gasteiger partial charge < -0.3 is 14.6 Å². The summed E-state index contributed by atoms with van der Waals surface area (Å²) in [7, 11) is 1.55. The fourth-order valence-corrected chi connectivity index (χ4v) is 3.61. The number of methoxy groups -OCH3 is 1. The first-order chi connectivity index (χ1) is 13.1. The minimum Gasteiger partial charge on any atom is -0.495 e. The van der Waals surface area contributed by atoms with E-state index in [0.29, 0.717) is 21.6 Å². The topological polar surface area (TPSA) is 69.0 Å². The van der Waals surface area contributed by atoms with E-state index in [1.807, 2.05) is 41.8 Å². The lowest BCUT2D eigenvalue weighted by atomic mass is 10.2. The number of nitrogens with one attached hydrogen (secondary N) is 1. The number of carbonyl (C=O) groups is 1. The van der Waals surface area contributed by atoms with Crippen LogP contribution in [-0.2, 0) is 11.3 Å². The van der Waals surface area contributed by atoms with Crippen LogP contribution in [0.1, 0.15) is 6.92 Å². The third-order valence-electron chi connectivity index (χ3n) is 3.83.